The Hall–Kier alpha value is -2.85. The van der Waals surface area contributed by atoms with E-state index < -0.39 is 48.8 Å². The minimum atomic E-state index is -1.42. The van der Waals surface area contributed by atoms with Gasteiger partial charge in [0, 0.05) is 18.2 Å². The Bertz CT molecular complexity index is 878. The monoisotopic (exact) mass is 493 g/mol. The maximum absolute atomic E-state index is 13.5. The number of aliphatic hydroxyl groups excluding tert-OH is 2. The fourth-order valence-corrected chi connectivity index (χ4v) is 4.19. The van der Waals surface area contributed by atoms with Gasteiger partial charge in [-0.1, -0.05) is 37.5 Å². The Balaban J connectivity index is 2.41. The summed E-state index contributed by atoms with van der Waals surface area (Å²) < 4.78 is 5.19. The summed E-state index contributed by atoms with van der Waals surface area (Å²) in [4.78, 5) is 40.4. The molecule has 3 amide bonds. The summed E-state index contributed by atoms with van der Waals surface area (Å²) in [6.07, 6.45) is 3.78. The van der Waals surface area contributed by atoms with Gasteiger partial charge in [0.05, 0.1) is 13.2 Å². The molecule has 2 atom stereocenters. The maximum Gasteiger partial charge on any atom is 0.408 e. The first kappa shape index (κ1) is 28.4. The van der Waals surface area contributed by atoms with Crippen molar-refractivity contribution >= 4 is 17.9 Å². The third-order valence-corrected chi connectivity index (χ3v) is 5.87. The smallest absolute Gasteiger partial charge is 0.408 e. The zero-order chi connectivity index (χ0) is 26.2. The molecular formula is C25H39N3O7. The van der Waals surface area contributed by atoms with Crippen LogP contribution in [0.1, 0.15) is 70.0 Å². The van der Waals surface area contributed by atoms with Crippen molar-refractivity contribution in [1.29, 1.82) is 0 Å². The molecule has 10 nitrogen and oxygen atoms in total. The molecule has 10 heteroatoms. The fraction of sp³-hybridized carbons (Fsp3) is 0.640. The molecule has 5 N–H and O–H groups in total. The Morgan fingerprint density at radius 1 is 1.14 bits per heavy atom. The number of hydrogen-bond donors (Lipinski definition) is 5. The summed E-state index contributed by atoms with van der Waals surface area (Å²) >= 11 is 0. The number of phenols is 1. The Morgan fingerprint density at radius 2 is 1.80 bits per heavy atom. The van der Waals surface area contributed by atoms with Crippen LogP contribution in [-0.2, 0) is 14.3 Å². The highest BCUT2D eigenvalue weighted by Crippen LogP contribution is 2.32. The molecule has 0 radical (unpaired) electrons. The molecule has 2 unspecified atom stereocenters. The van der Waals surface area contributed by atoms with Crippen LogP contribution in [0.2, 0.25) is 0 Å². The van der Waals surface area contributed by atoms with E-state index in [-0.39, 0.29) is 23.9 Å². The van der Waals surface area contributed by atoms with Crippen molar-refractivity contribution in [3.05, 3.63) is 29.3 Å². The summed E-state index contributed by atoms with van der Waals surface area (Å²) in [6.45, 7) is 5.16. The Labute approximate surface area is 206 Å². The number of aromatic hydroxyl groups is 1. The lowest BCUT2D eigenvalue weighted by Gasteiger charge is -2.35. The predicted octanol–water partition coefficient (Wildman–Crippen LogP) is 1.90. The summed E-state index contributed by atoms with van der Waals surface area (Å²) in [6, 6.07) is 2.10. The standard InChI is InChI=1S/C25H39N3O7/c1-16-9-8-12-18(21(16)31)20(22(32)26-17-10-6-5-7-11-17)28(13-14-29)23(33)19(15-30)27-24(34)35-25(2,3)4/h8-9,12,17,19-20,29-31H,5-7,10-11,13-15H2,1-4H3,(H,26,32)(H,27,34). The molecule has 0 aromatic heterocycles. The van der Waals surface area contributed by atoms with Crippen LogP contribution in [0.5, 0.6) is 5.75 Å². The van der Waals surface area contributed by atoms with Gasteiger partial charge in [0.25, 0.3) is 0 Å². The third kappa shape index (κ3) is 8.10. The summed E-state index contributed by atoms with van der Waals surface area (Å²) in [5, 5.41) is 35.7. The van der Waals surface area contributed by atoms with Crippen LogP contribution in [0.4, 0.5) is 4.79 Å². The third-order valence-electron chi connectivity index (χ3n) is 5.87. The number of nitrogens with one attached hydrogen (secondary N) is 2. The first-order chi connectivity index (χ1) is 16.5. The lowest BCUT2D eigenvalue weighted by atomic mass is 9.94. The van der Waals surface area contributed by atoms with Crippen molar-refractivity contribution in [1.82, 2.24) is 15.5 Å². The highest BCUT2D eigenvalue weighted by molar-refractivity contribution is 5.92. The van der Waals surface area contributed by atoms with Crippen LogP contribution in [-0.4, -0.2) is 75.6 Å². The molecule has 1 aromatic rings. The van der Waals surface area contributed by atoms with Crippen molar-refractivity contribution in [3.8, 4) is 5.75 Å². The van der Waals surface area contributed by atoms with Crippen LogP contribution in [0, 0.1) is 6.92 Å². The Kier molecular flexibility index (Phi) is 10.3. The van der Waals surface area contributed by atoms with E-state index >= 15 is 0 Å². The van der Waals surface area contributed by atoms with E-state index in [4.69, 9.17) is 4.74 Å². The molecule has 1 aromatic carbocycles. The topological polar surface area (TPSA) is 148 Å². The van der Waals surface area contributed by atoms with E-state index in [1.165, 1.54) is 0 Å². The number of ether oxygens (including phenoxy) is 1. The SMILES string of the molecule is Cc1cccc(C(C(=O)NC2CCCCC2)N(CCO)C(=O)C(CO)NC(=O)OC(C)(C)C)c1O. The molecule has 0 heterocycles. The first-order valence-corrected chi connectivity index (χ1v) is 12.1. The van der Waals surface area contributed by atoms with Gasteiger partial charge in [-0.2, -0.15) is 0 Å². The number of alkyl carbamates (subject to hydrolysis) is 1. The van der Waals surface area contributed by atoms with E-state index in [2.05, 4.69) is 10.6 Å². The molecule has 0 bridgehead atoms. The van der Waals surface area contributed by atoms with Crippen LogP contribution in [0.3, 0.4) is 0 Å². The van der Waals surface area contributed by atoms with Crippen molar-refractivity contribution in [2.24, 2.45) is 0 Å². The Morgan fingerprint density at radius 3 is 2.37 bits per heavy atom. The van der Waals surface area contributed by atoms with Crippen LogP contribution >= 0.6 is 0 Å². The molecular weight excluding hydrogens is 454 g/mol. The number of carbonyl (C=O) groups is 3. The summed E-state index contributed by atoms with van der Waals surface area (Å²) in [7, 11) is 0. The average molecular weight is 494 g/mol. The van der Waals surface area contributed by atoms with Gasteiger partial charge in [-0.3, -0.25) is 9.59 Å². The molecule has 0 spiro atoms. The lowest BCUT2D eigenvalue weighted by Crippen LogP contribution is -2.55. The summed E-state index contributed by atoms with van der Waals surface area (Å²) in [5.41, 5.74) is -0.123. The van der Waals surface area contributed by atoms with Gasteiger partial charge in [0.2, 0.25) is 11.8 Å². The number of phenolic OH excluding ortho intramolecular Hbond substituents is 1. The number of carbonyl (C=O) groups excluding carboxylic acids is 3. The second-order valence-electron chi connectivity index (χ2n) is 9.90. The first-order valence-electron chi connectivity index (χ1n) is 12.1. The van der Waals surface area contributed by atoms with E-state index in [9.17, 15) is 29.7 Å². The molecule has 196 valence electrons. The quantitative estimate of drug-likeness (QED) is 0.353. The van der Waals surface area contributed by atoms with E-state index in [0.717, 1.165) is 37.0 Å². The van der Waals surface area contributed by atoms with Crippen molar-refractivity contribution in [3.63, 3.8) is 0 Å². The zero-order valence-electron chi connectivity index (χ0n) is 21.0. The highest BCUT2D eigenvalue weighted by atomic mass is 16.6. The summed E-state index contributed by atoms with van der Waals surface area (Å²) in [5.74, 6) is -1.45. The number of rotatable bonds is 9. The van der Waals surface area contributed by atoms with Crippen molar-refractivity contribution in [2.45, 2.75) is 83.5 Å². The molecule has 1 fully saturated rings. The van der Waals surface area contributed by atoms with Crippen LogP contribution in [0.25, 0.3) is 0 Å². The number of hydrogen-bond acceptors (Lipinski definition) is 7. The molecule has 1 saturated carbocycles. The maximum atomic E-state index is 13.5. The average Bonchev–Trinajstić information content (AvgIpc) is 2.79. The second-order valence-corrected chi connectivity index (χ2v) is 9.90. The molecule has 0 aliphatic heterocycles. The molecule has 1 aliphatic rings. The van der Waals surface area contributed by atoms with Crippen LogP contribution < -0.4 is 10.6 Å². The molecule has 0 saturated heterocycles. The van der Waals surface area contributed by atoms with Gasteiger partial charge in [-0.05, 0) is 46.1 Å². The van der Waals surface area contributed by atoms with Gasteiger partial charge in [-0.15, -0.1) is 0 Å². The van der Waals surface area contributed by atoms with Gasteiger partial charge in [0.15, 0.2) is 0 Å². The van der Waals surface area contributed by atoms with E-state index in [1.54, 1.807) is 45.9 Å². The zero-order valence-corrected chi connectivity index (χ0v) is 21.0. The van der Waals surface area contributed by atoms with Gasteiger partial charge in [-0.25, -0.2) is 4.79 Å². The number of benzene rings is 1. The number of aliphatic hydroxyl groups is 2. The molecule has 1 aliphatic carbocycles. The minimum absolute atomic E-state index is 0.0645. The van der Waals surface area contributed by atoms with Crippen LogP contribution in [0.15, 0.2) is 18.2 Å². The molecule has 2 rings (SSSR count). The van der Waals surface area contributed by atoms with Crippen molar-refractivity contribution < 1.29 is 34.4 Å². The van der Waals surface area contributed by atoms with Gasteiger partial charge < -0.3 is 35.6 Å². The van der Waals surface area contributed by atoms with Gasteiger partial charge in [0.1, 0.15) is 23.4 Å². The minimum Gasteiger partial charge on any atom is -0.507 e. The number of amides is 3. The highest BCUT2D eigenvalue weighted by Gasteiger charge is 2.38. The fourth-order valence-electron chi connectivity index (χ4n) is 4.19. The second kappa shape index (κ2) is 12.7. The largest absolute Gasteiger partial charge is 0.507 e. The van der Waals surface area contributed by atoms with Crippen molar-refractivity contribution in [2.75, 3.05) is 19.8 Å². The normalized spacial score (nSPS) is 16.2. The predicted molar refractivity (Wildman–Crippen MR) is 130 cm³/mol. The number of aryl methyl sites for hydroxylation is 1. The lowest BCUT2D eigenvalue weighted by molar-refractivity contribution is -0.144. The molecule has 35 heavy (non-hydrogen) atoms. The van der Waals surface area contributed by atoms with E-state index in [1.807, 2.05) is 0 Å². The van der Waals surface area contributed by atoms with Gasteiger partial charge >= 0.3 is 6.09 Å². The number of nitrogens with zero attached hydrogens (tertiary/aromatic N) is 1. The number of para-hydroxylation sites is 1. The van der Waals surface area contributed by atoms with E-state index in [0.29, 0.717) is 5.56 Å².